The van der Waals surface area contributed by atoms with Crippen molar-refractivity contribution in [1.29, 1.82) is 0 Å². The van der Waals surface area contributed by atoms with Gasteiger partial charge in [0.1, 0.15) is 17.2 Å². The van der Waals surface area contributed by atoms with Crippen molar-refractivity contribution in [3.63, 3.8) is 0 Å². The zero-order valence-corrected chi connectivity index (χ0v) is 22.5. The van der Waals surface area contributed by atoms with Crippen LogP contribution >= 0.6 is 0 Å². The maximum Gasteiger partial charge on any atom is 0.336 e. The van der Waals surface area contributed by atoms with Crippen molar-refractivity contribution in [3.05, 3.63) is 131 Å². The Morgan fingerprint density at radius 3 is 2.37 bits per heavy atom. The Hall–Kier alpha value is -5.70. The molecule has 2 N–H and O–H groups in total. The van der Waals surface area contributed by atoms with Crippen LogP contribution in [0.1, 0.15) is 27.2 Å². The minimum absolute atomic E-state index is 0.0135. The molecule has 0 fully saturated rings. The van der Waals surface area contributed by atoms with Gasteiger partial charge in [-0.05, 0) is 71.8 Å². The number of nitrogens with zero attached hydrogens (tertiary/aromatic N) is 2. The van der Waals surface area contributed by atoms with E-state index in [2.05, 4.69) is 15.8 Å². The maximum atomic E-state index is 13.1. The van der Waals surface area contributed by atoms with Crippen LogP contribution in [0.15, 0.2) is 119 Å². The zero-order valence-electron chi connectivity index (χ0n) is 22.5. The fourth-order valence-corrected chi connectivity index (χ4v) is 3.55. The van der Waals surface area contributed by atoms with E-state index < -0.39 is 17.8 Å². The van der Waals surface area contributed by atoms with Gasteiger partial charge in [0.15, 0.2) is 0 Å². The van der Waals surface area contributed by atoms with Crippen LogP contribution in [-0.2, 0) is 9.59 Å². The largest absolute Gasteiger partial charge is 0.465 e. The Labute approximate surface area is 237 Å². The van der Waals surface area contributed by atoms with Gasteiger partial charge in [0.25, 0.3) is 11.8 Å². The standard InChI is InChI=1S/C32H28N4O5/c1-36(2)26-15-13-23(14-16-26)21-29(34-31(38)25-9-4-3-5-10-25)32(39)35-33-22-24-8-6-11-28(20-24)41-30(37)18-17-27-12-7-19-40-27/h3-22H,1-2H3,(H,34,38)(H,35,39). The lowest BCUT2D eigenvalue weighted by molar-refractivity contribution is -0.128. The molecule has 0 saturated heterocycles. The average Bonchev–Trinajstić information content (AvgIpc) is 3.50. The van der Waals surface area contributed by atoms with E-state index in [9.17, 15) is 14.4 Å². The molecule has 41 heavy (non-hydrogen) atoms. The smallest absolute Gasteiger partial charge is 0.336 e. The lowest BCUT2D eigenvalue weighted by atomic mass is 10.1. The summed E-state index contributed by atoms with van der Waals surface area (Å²) in [6, 6.07) is 26.1. The third-order valence-corrected chi connectivity index (χ3v) is 5.63. The Balaban J connectivity index is 1.44. The number of carbonyl (C=O) groups is 3. The number of benzene rings is 3. The number of hydrogen-bond donors (Lipinski definition) is 2. The molecular weight excluding hydrogens is 520 g/mol. The van der Waals surface area contributed by atoms with Crippen LogP contribution in [0.25, 0.3) is 12.2 Å². The fraction of sp³-hybridized carbons (Fsp3) is 0.0625. The quantitative estimate of drug-likeness (QED) is 0.0960. The second-order valence-corrected chi connectivity index (χ2v) is 8.91. The van der Waals surface area contributed by atoms with E-state index >= 15 is 0 Å². The molecule has 0 atom stereocenters. The zero-order chi connectivity index (χ0) is 29.0. The molecule has 1 aromatic heterocycles. The molecule has 9 heteroatoms. The van der Waals surface area contributed by atoms with Gasteiger partial charge in [-0.3, -0.25) is 9.59 Å². The molecule has 9 nitrogen and oxygen atoms in total. The number of amides is 2. The Kier molecular flexibility index (Phi) is 9.60. The summed E-state index contributed by atoms with van der Waals surface area (Å²) in [6.07, 6.45) is 7.23. The van der Waals surface area contributed by atoms with Crippen LogP contribution in [0.3, 0.4) is 0 Å². The topological polar surface area (TPSA) is 113 Å². The highest BCUT2D eigenvalue weighted by molar-refractivity contribution is 6.05. The Morgan fingerprint density at radius 1 is 0.878 bits per heavy atom. The predicted octanol–water partition coefficient (Wildman–Crippen LogP) is 4.89. The number of hydrazone groups is 1. The van der Waals surface area contributed by atoms with Crippen molar-refractivity contribution in [2.45, 2.75) is 0 Å². The molecule has 206 valence electrons. The molecular formula is C32H28N4O5. The third kappa shape index (κ3) is 8.66. The summed E-state index contributed by atoms with van der Waals surface area (Å²) in [5.41, 5.74) is 5.15. The van der Waals surface area contributed by atoms with Crippen LogP contribution in [-0.4, -0.2) is 38.1 Å². The van der Waals surface area contributed by atoms with Gasteiger partial charge < -0.3 is 19.4 Å². The van der Waals surface area contributed by atoms with Crippen LogP contribution in [0.4, 0.5) is 5.69 Å². The average molecular weight is 549 g/mol. The van der Waals surface area contributed by atoms with E-state index in [0.717, 1.165) is 5.69 Å². The SMILES string of the molecule is CN(C)c1ccc(C=C(NC(=O)c2ccccc2)C(=O)NN=Cc2cccc(OC(=O)C=Cc3ccco3)c2)cc1. The van der Waals surface area contributed by atoms with Crippen molar-refractivity contribution in [3.8, 4) is 5.75 Å². The Morgan fingerprint density at radius 2 is 1.66 bits per heavy atom. The second kappa shape index (κ2) is 13.9. The number of hydrogen-bond acceptors (Lipinski definition) is 7. The number of anilines is 1. The lowest BCUT2D eigenvalue weighted by Gasteiger charge is -2.12. The predicted molar refractivity (Wildman–Crippen MR) is 158 cm³/mol. The number of esters is 1. The van der Waals surface area contributed by atoms with Crippen molar-refractivity contribution >= 4 is 41.8 Å². The van der Waals surface area contributed by atoms with Crippen molar-refractivity contribution < 1.29 is 23.5 Å². The van der Waals surface area contributed by atoms with Gasteiger partial charge in [-0.25, -0.2) is 10.2 Å². The molecule has 0 unspecified atom stereocenters. The van der Waals surface area contributed by atoms with Gasteiger partial charge in [0.05, 0.1) is 12.5 Å². The van der Waals surface area contributed by atoms with E-state index in [4.69, 9.17) is 9.15 Å². The van der Waals surface area contributed by atoms with Crippen LogP contribution < -0.4 is 20.4 Å². The molecule has 2 amide bonds. The lowest BCUT2D eigenvalue weighted by Crippen LogP contribution is -2.32. The number of ether oxygens (including phenoxy) is 1. The molecule has 3 aromatic carbocycles. The number of furan rings is 1. The van der Waals surface area contributed by atoms with Crippen LogP contribution in [0, 0.1) is 0 Å². The van der Waals surface area contributed by atoms with Gasteiger partial charge in [-0.15, -0.1) is 0 Å². The summed E-state index contributed by atoms with van der Waals surface area (Å²) in [5.74, 6) is -0.806. The normalized spacial score (nSPS) is 11.4. The number of nitrogens with one attached hydrogen (secondary N) is 2. The molecule has 0 aliphatic carbocycles. The minimum atomic E-state index is -0.618. The number of carbonyl (C=O) groups excluding carboxylic acids is 3. The maximum absolute atomic E-state index is 13.1. The van der Waals surface area contributed by atoms with E-state index in [1.165, 1.54) is 24.6 Å². The van der Waals surface area contributed by atoms with Crippen LogP contribution in [0.5, 0.6) is 5.75 Å². The van der Waals surface area contributed by atoms with Crippen molar-refractivity contribution in [1.82, 2.24) is 10.7 Å². The molecule has 4 aromatic rings. The van der Waals surface area contributed by atoms with Gasteiger partial charge in [-0.2, -0.15) is 5.10 Å². The summed E-state index contributed by atoms with van der Waals surface area (Å²) in [4.78, 5) is 39.9. The first-order chi connectivity index (χ1) is 19.9. The van der Waals surface area contributed by atoms with Crippen molar-refractivity contribution in [2.24, 2.45) is 5.10 Å². The third-order valence-electron chi connectivity index (χ3n) is 5.63. The van der Waals surface area contributed by atoms with E-state index in [1.54, 1.807) is 72.8 Å². The van der Waals surface area contributed by atoms with E-state index in [1.807, 2.05) is 43.3 Å². The second-order valence-electron chi connectivity index (χ2n) is 8.91. The molecule has 0 saturated carbocycles. The summed E-state index contributed by atoms with van der Waals surface area (Å²) < 4.78 is 10.5. The van der Waals surface area contributed by atoms with Gasteiger partial charge in [-0.1, -0.05) is 42.5 Å². The molecule has 0 radical (unpaired) electrons. The van der Waals surface area contributed by atoms with E-state index in [-0.39, 0.29) is 5.70 Å². The summed E-state index contributed by atoms with van der Waals surface area (Å²) >= 11 is 0. The molecule has 4 rings (SSSR count). The summed E-state index contributed by atoms with van der Waals surface area (Å²) in [6.45, 7) is 0. The van der Waals surface area contributed by atoms with Gasteiger partial charge in [0.2, 0.25) is 0 Å². The van der Waals surface area contributed by atoms with Crippen LogP contribution in [0.2, 0.25) is 0 Å². The highest BCUT2D eigenvalue weighted by Crippen LogP contribution is 2.15. The number of rotatable bonds is 10. The first-order valence-electron chi connectivity index (χ1n) is 12.6. The Bertz CT molecular complexity index is 1570. The highest BCUT2D eigenvalue weighted by Gasteiger charge is 2.14. The van der Waals surface area contributed by atoms with E-state index in [0.29, 0.717) is 28.2 Å². The first-order valence-corrected chi connectivity index (χ1v) is 12.6. The van der Waals surface area contributed by atoms with Gasteiger partial charge >= 0.3 is 5.97 Å². The highest BCUT2D eigenvalue weighted by atomic mass is 16.5. The molecule has 0 spiro atoms. The summed E-state index contributed by atoms with van der Waals surface area (Å²) in [7, 11) is 3.86. The van der Waals surface area contributed by atoms with Crippen molar-refractivity contribution in [2.75, 3.05) is 19.0 Å². The monoisotopic (exact) mass is 548 g/mol. The molecule has 1 heterocycles. The fourth-order valence-electron chi connectivity index (χ4n) is 3.55. The first kappa shape index (κ1) is 28.3. The summed E-state index contributed by atoms with van der Waals surface area (Å²) in [5, 5.41) is 6.70. The molecule has 0 aliphatic heterocycles. The molecule has 0 bridgehead atoms. The minimum Gasteiger partial charge on any atom is -0.465 e. The molecule has 0 aliphatic rings. The van der Waals surface area contributed by atoms with Gasteiger partial charge in [0, 0.05) is 31.4 Å².